The standard InChI is InChI=1S/C28H30O4/c1-21-26(29-18-23-12-6-3-7-13-23)28(31-20-25-16-10-5-11-17-25)27(22(2)32-21)30-19-24-14-8-4-9-15-24/h3-17,22,26-28H,1,18-20H2,2H3/t22-,26+,27+,28-/m0/s1. The van der Waals surface area contributed by atoms with Gasteiger partial charge in [-0.3, -0.25) is 0 Å². The molecule has 0 saturated carbocycles. The van der Waals surface area contributed by atoms with Gasteiger partial charge < -0.3 is 18.9 Å². The summed E-state index contributed by atoms with van der Waals surface area (Å²) < 4.78 is 25.1. The number of hydrogen-bond acceptors (Lipinski definition) is 4. The molecule has 4 atom stereocenters. The lowest BCUT2D eigenvalue weighted by atomic mass is 9.98. The largest absolute Gasteiger partial charge is 0.490 e. The van der Waals surface area contributed by atoms with Crippen LogP contribution in [0.2, 0.25) is 0 Å². The molecule has 0 radical (unpaired) electrons. The van der Waals surface area contributed by atoms with E-state index in [2.05, 4.69) is 30.8 Å². The van der Waals surface area contributed by atoms with Crippen molar-refractivity contribution < 1.29 is 18.9 Å². The van der Waals surface area contributed by atoms with Gasteiger partial charge in [0.15, 0.2) is 0 Å². The zero-order valence-corrected chi connectivity index (χ0v) is 18.4. The zero-order chi connectivity index (χ0) is 22.2. The molecule has 3 aromatic rings. The fourth-order valence-corrected chi connectivity index (χ4v) is 3.89. The summed E-state index contributed by atoms with van der Waals surface area (Å²) in [7, 11) is 0. The molecular formula is C28H30O4. The minimum absolute atomic E-state index is 0.205. The highest BCUT2D eigenvalue weighted by Gasteiger charge is 2.43. The predicted molar refractivity (Wildman–Crippen MR) is 125 cm³/mol. The van der Waals surface area contributed by atoms with Crippen molar-refractivity contribution in [3.8, 4) is 0 Å². The summed E-state index contributed by atoms with van der Waals surface area (Å²) in [6.07, 6.45) is -1.29. The van der Waals surface area contributed by atoms with Gasteiger partial charge >= 0.3 is 0 Å². The average Bonchev–Trinajstić information content (AvgIpc) is 2.83. The van der Waals surface area contributed by atoms with Gasteiger partial charge in [-0.1, -0.05) is 97.6 Å². The van der Waals surface area contributed by atoms with Gasteiger partial charge in [-0.05, 0) is 23.6 Å². The van der Waals surface area contributed by atoms with Crippen LogP contribution >= 0.6 is 0 Å². The molecule has 166 valence electrons. The molecule has 1 heterocycles. The first kappa shape index (κ1) is 22.3. The van der Waals surface area contributed by atoms with Crippen molar-refractivity contribution in [3.05, 3.63) is 120 Å². The Morgan fingerprint density at radius 1 is 0.625 bits per heavy atom. The highest BCUT2D eigenvalue weighted by Crippen LogP contribution is 2.31. The number of benzene rings is 3. The molecule has 3 aromatic carbocycles. The van der Waals surface area contributed by atoms with Crippen molar-refractivity contribution >= 4 is 0 Å². The van der Waals surface area contributed by atoms with Crippen molar-refractivity contribution in [1.82, 2.24) is 0 Å². The third-order valence-electron chi connectivity index (χ3n) is 5.58. The lowest BCUT2D eigenvalue weighted by Gasteiger charge is -2.42. The molecule has 1 aliphatic heterocycles. The highest BCUT2D eigenvalue weighted by molar-refractivity contribution is 5.16. The van der Waals surface area contributed by atoms with Crippen molar-refractivity contribution in [2.45, 2.75) is 51.2 Å². The molecule has 4 nitrogen and oxygen atoms in total. The Bertz CT molecular complexity index is 958. The normalized spacial score (nSPS) is 23.0. The van der Waals surface area contributed by atoms with Crippen LogP contribution in [-0.4, -0.2) is 24.4 Å². The first-order valence-electron chi connectivity index (χ1n) is 11.0. The summed E-state index contributed by atoms with van der Waals surface area (Å²) >= 11 is 0. The lowest BCUT2D eigenvalue weighted by molar-refractivity contribution is -0.210. The van der Waals surface area contributed by atoms with Crippen LogP contribution in [0, 0.1) is 0 Å². The van der Waals surface area contributed by atoms with Crippen LogP contribution in [0.3, 0.4) is 0 Å². The zero-order valence-electron chi connectivity index (χ0n) is 18.4. The smallest absolute Gasteiger partial charge is 0.143 e. The lowest BCUT2D eigenvalue weighted by Crippen LogP contribution is -2.53. The van der Waals surface area contributed by atoms with E-state index in [1.165, 1.54) is 0 Å². The van der Waals surface area contributed by atoms with E-state index < -0.39 is 6.10 Å². The van der Waals surface area contributed by atoms with E-state index in [4.69, 9.17) is 18.9 Å². The van der Waals surface area contributed by atoms with Crippen LogP contribution in [-0.2, 0) is 38.8 Å². The molecule has 4 rings (SSSR count). The molecule has 0 amide bonds. The fourth-order valence-electron chi connectivity index (χ4n) is 3.89. The van der Waals surface area contributed by atoms with E-state index in [0.717, 1.165) is 16.7 Å². The maximum Gasteiger partial charge on any atom is 0.143 e. The van der Waals surface area contributed by atoms with Crippen molar-refractivity contribution in [3.63, 3.8) is 0 Å². The van der Waals surface area contributed by atoms with E-state index in [-0.39, 0.29) is 18.3 Å². The van der Waals surface area contributed by atoms with Gasteiger partial charge in [0.05, 0.1) is 19.8 Å². The van der Waals surface area contributed by atoms with Gasteiger partial charge in [-0.15, -0.1) is 0 Å². The van der Waals surface area contributed by atoms with Gasteiger partial charge in [0.2, 0.25) is 0 Å². The predicted octanol–water partition coefficient (Wildman–Crippen LogP) is 5.68. The highest BCUT2D eigenvalue weighted by atomic mass is 16.6. The summed E-state index contributed by atoms with van der Waals surface area (Å²) in [4.78, 5) is 0. The molecule has 4 heteroatoms. The molecule has 1 aliphatic rings. The van der Waals surface area contributed by atoms with E-state index in [9.17, 15) is 0 Å². The maximum atomic E-state index is 6.42. The fraction of sp³-hybridized carbons (Fsp3) is 0.286. The molecule has 32 heavy (non-hydrogen) atoms. The molecule has 1 fully saturated rings. The Morgan fingerprint density at radius 3 is 1.50 bits per heavy atom. The second-order valence-corrected chi connectivity index (χ2v) is 8.03. The van der Waals surface area contributed by atoms with Gasteiger partial charge in [-0.25, -0.2) is 0 Å². The topological polar surface area (TPSA) is 36.9 Å². The Hall–Kier alpha value is -2.92. The Labute approximate surface area is 190 Å². The summed E-state index contributed by atoms with van der Waals surface area (Å²) in [5, 5.41) is 0. The summed E-state index contributed by atoms with van der Waals surface area (Å²) in [5.41, 5.74) is 3.29. The average molecular weight is 431 g/mol. The maximum absolute atomic E-state index is 6.42. The van der Waals surface area contributed by atoms with Crippen LogP contribution in [0.1, 0.15) is 23.6 Å². The summed E-state index contributed by atoms with van der Waals surface area (Å²) in [6.45, 7) is 7.50. The van der Waals surface area contributed by atoms with E-state index in [0.29, 0.717) is 25.6 Å². The first-order chi connectivity index (χ1) is 15.7. The van der Waals surface area contributed by atoms with Crippen molar-refractivity contribution in [2.75, 3.05) is 0 Å². The van der Waals surface area contributed by atoms with Crippen LogP contribution in [0.25, 0.3) is 0 Å². The minimum Gasteiger partial charge on any atom is -0.490 e. The molecular weight excluding hydrogens is 400 g/mol. The van der Waals surface area contributed by atoms with Crippen LogP contribution in [0.15, 0.2) is 103 Å². The summed E-state index contributed by atoms with van der Waals surface area (Å²) in [6, 6.07) is 30.3. The molecule has 0 aliphatic carbocycles. The summed E-state index contributed by atoms with van der Waals surface area (Å²) in [5.74, 6) is 0.575. The van der Waals surface area contributed by atoms with E-state index in [1.807, 2.05) is 73.7 Å². The third-order valence-corrected chi connectivity index (χ3v) is 5.58. The van der Waals surface area contributed by atoms with Crippen LogP contribution < -0.4 is 0 Å². The number of ether oxygens (including phenoxy) is 4. The van der Waals surface area contributed by atoms with Gasteiger partial charge in [0, 0.05) is 0 Å². The van der Waals surface area contributed by atoms with E-state index >= 15 is 0 Å². The molecule has 0 spiro atoms. The van der Waals surface area contributed by atoms with Crippen LogP contribution in [0.4, 0.5) is 0 Å². The molecule has 0 N–H and O–H groups in total. The second-order valence-electron chi connectivity index (χ2n) is 8.03. The van der Waals surface area contributed by atoms with Gasteiger partial charge in [0.1, 0.15) is 30.2 Å². The third kappa shape index (κ3) is 5.86. The number of hydrogen-bond donors (Lipinski definition) is 0. The van der Waals surface area contributed by atoms with Gasteiger partial charge in [0.25, 0.3) is 0 Å². The van der Waals surface area contributed by atoms with Gasteiger partial charge in [-0.2, -0.15) is 0 Å². The quantitative estimate of drug-likeness (QED) is 0.438. The number of rotatable bonds is 9. The Morgan fingerprint density at radius 2 is 1.03 bits per heavy atom. The second kappa shape index (κ2) is 11.1. The SMILES string of the molecule is C=C1O[C@@H](C)[C@@H](OCc2ccccc2)[C@@H](OCc2ccccc2)[C@@H]1OCc1ccccc1. The minimum atomic E-state index is -0.434. The first-order valence-corrected chi connectivity index (χ1v) is 11.0. The molecule has 0 aromatic heterocycles. The Kier molecular flexibility index (Phi) is 7.73. The molecule has 0 bridgehead atoms. The Balaban J connectivity index is 1.51. The van der Waals surface area contributed by atoms with E-state index in [1.54, 1.807) is 0 Å². The van der Waals surface area contributed by atoms with Crippen molar-refractivity contribution in [1.29, 1.82) is 0 Å². The molecule has 0 unspecified atom stereocenters. The molecule has 1 saturated heterocycles. The van der Waals surface area contributed by atoms with Crippen molar-refractivity contribution in [2.24, 2.45) is 0 Å². The van der Waals surface area contributed by atoms with Crippen LogP contribution in [0.5, 0.6) is 0 Å². The monoisotopic (exact) mass is 430 g/mol.